The summed E-state index contributed by atoms with van der Waals surface area (Å²) in [6, 6.07) is 13.4. The van der Waals surface area contributed by atoms with Crippen LogP contribution in [0.3, 0.4) is 0 Å². The summed E-state index contributed by atoms with van der Waals surface area (Å²) in [6.07, 6.45) is 3.85. The molecule has 3 heteroatoms. The Morgan fingerprint density at radius 3 is 2.65 bits per heavy atom. The second-order valence-electron chi connectivity index (χ2n) is 4.66. The van der Waals surface area contributed by atoms with E-state index in [1.807, 2.05) is 18.2 Å². The molecule has 90 valence electrons. The SMILES string of the molecule is N#CCCN(c1ccccc1)C1CCC(N)C1. The van der Waals surface area contributed by atoms with Gasteiger partial charge < -0.3 is 10.6 Å². The van der Waals surface area contributed by atoms with Crippen molar-refractivity contribution in [2.24, 2.45) is 5.73 Å². The number of nitriles is 1. The van der Waals surface area contributed by atoms with Gasteiger partial charge in [-0.25, -0.2) is 0 Å². The van der Waals surface area contributed by atoms with Gasteiger partial charge in [-0.15, -0.1) is 0 Å². The van der Waals surface area contributed by atoms with Crippen LogP contribution in [0.2, 0.25) is 0 Å². The topological polar surface area (TPSA) is 53.0 Å². The predicted octanol–water partition coefficient (Wildman–Crippen LogP) is 2.29. The third-order valence-corrected chi connectivity index (χ3v) is 3.44. The molecule has 0 radical (unpaired) electrons. The fraction of sp³-hybridized carbons (Fsp3) is 0.500. The normalized spacial score (nSPS) is 23.3. The summed E-state index contributed by atoms with van der Waals surface area (Å²) >= 11 is 0. The molecule has 0 amide bonds. The van der Waals surface area contributed by atoms with Crippen molar-refractivity contribution in [3.8, 4) is 6.07 Å². The third kappa shape index (κ3) is 2.98. The van der Waals surface area contributed by atoms with Crippen LogP contribution in [-0.2, 0) is 0 Å². The number of hydrogen-bond acceptors (Lipinski definition) is 3. The smallest absolute Gasteiger partial charge is 0.0640 e. The van der Waals surface area contributed by atoms with E-state index < -0.39 is 0 Å². The van der Waals surface area contributed by atoms with E-state index >= 15 is 0 Å². The van der Waals surface area contributed by atoms with Gasteiger partial charge >= 0.3 is 0 Å². The Labute approximate surface area is 103 Å². The molecule has 2 N–H and O–H groups in total. The molecule has 1 aromatic carbocycles. The van der Waals surface area contributed by atoms with Gasteiger partial charge in [0.15, 0.2) is 0 Å². The minimum Gasteiger partial charge on any atom is -0.367 e. The molecular weight excluding hydrogens is 210 g/mol. The van der Waals surface area contributed by atoms with E-state index in [1.165, 1.54) is 5.69 Å². The van der Waals surface area contributed by atoms with Crippen molar-refractivity contribution in [1.29, 1.82) is 5.26 Å². The first-order valence-corrected chi connectivity index (χ1v) is 6.25. The van der Waals surface area contributed by atoms with Gasteiger partial charge in [0, 0.05) is 24.3 Å². The molecule has 0 aliphatic heterocycles. The van der Waals surface area contributed by atoms with Gasteiger partial charge in [-0.1, -0.05) is 18.2 Å². The number of hydrogen-bond donors (Lipinski definition) is 1. The van der Waals surface area contributed by atoms with Gasteiger partial charge in [0.1, 0.15) is 0 Å². The minimum atomic E-state index is 0.327. The lowest BCUT2D eigenvalue weighted by Crippen LogP contribution is -2.35. The molecule has 1 saturated carbocycles. The van der Waals surface area contributed by atoms with Crippen LogP contribution in [0.15, 0.2) is 30.3 Å². The van der Waals surface area contributed by atoms with Crippen molar-refractivity contribution in [3.63, 3.8) is 0 Å². The molecule has 1 aliphatic carbocycles. The molecule has 2 rings (SSSR count). The summed E-state index contributed by atoms with van der Waals surface area (Å²) in [6.45, 7) is 0.803. The summed E-state index contributed by atoms with van der Waals surface area (Å²) in [7, 11) is 0. The molecule has 1 aliphatic rings. The second kappa shape index (κ2) is 5.70. The maximum absolute atomic E-state index is 8.76. The number of nitrogens with two attached hydrogens (primary N) is 1. The Balaban J connectivity index is 2.11. The minimum absolute atomic E-state index is 0.327. The predicted molar refractivity (Wildman–Crippen MR) is 69.6 cm³/mol. The highest BCUT2D eigenvalue weighted by Gasteiger charge is 2.27. The number of para-hydroxylation sites is 1. The van der Waals surface area contributed by atoms with E-state index in [4.69, 9.17) is 11.0 Å². The van der Waals surface area contributed by atoms with Gasteiger partial charge in [-0.2, -0.15) is 5.26 Å². The summed E-state index contributed by atoms with van der Waals surface area (Å²) in [5, 5.41) is 8.76. The van der Waals surface area contributed by atoms with Crippen LogP contribution < -0.4 is 10.6 Å². The van der Waals surface area contributed by atoms with Crippen LogP contribution in [0, 0.1) is 11.3 Å². The number of nitrogens with zero attached hydrogens (tertiary/aromatic N) is 2. The van der Waals surface area contributed by atoms with Gasteiger partial charge in [0.25, 0.3) is 0 Å². The molecule has 0 aromatic heterocycles. The average Bonchev–Trinajstić information content (AvgIpc) is 2.78. The largest absolute Gasteiger partial charge is 0.367 e. The summed E-state index contributed by atoms with van der Waals surface area (Å²) < 4.78 is 0. The number of anilines is 1. The Bertz CT molecular complexity index is 382. The van der Waals surface area contributed by atoms with Gasteiger partial charge in [-0.05, 0) is 31.4 Å². The van der Waals surface area contributed by atoms with E-state index in [-0.39, 0.29) is 0 Å². The first-order chi connectivity index (χ1) is 8.31. The van der Waals surface area contributed by atoms with Crippen LogP contribution in [0.1, 0.15) is 25.7 Å². The van der Waals surface area contributed by atoms with Crippen LogP contribution in [0.4, 0.5) is 5.69 Å². The Hall–Kier alpha value is -1.53. The second-order valence-corrected chi connectivity index (χ2v) is 4.66. The first kappa shape index (κ1) is 11.9. The Morgan fingerprint density at radius 1 is 1.29 bits per heavy atom. The van der Waals surface area contributed by atoms with Crippen molar-refractivity contribution < 1.29 is 0 Å². The quantitative estimate of drug-likeness (QED) is 0.861. The number of benzene rings is 1. The van der Waals surface area contributed by atoms with Crippen LogP contribution in [-0.4, -0.2) is 18.6 Å². The van der Waals surface area contributed by atoms with Crippen LogP contribution >= 0.6 is 0 Å². The maximum Gasteiger partial charge on any atom is 0.0640 e. The molecule has 2 atom stereocenters. The van der Waals surface area contributed by atoms with Crippen molar-refractivity contribution in [3.05, 3.63) is 30.3 Å². The van der Waals surface area contributed by atoms with E-state index in [2.05, 4.69) is 23.1 Å². The first-order valence-electron chi connectivity index (χ1n) is 6.25. The molecule has 0 saturated heterocycles. The third-order valence-electron chi connectivity index (χ3n) is 3.44. The van der Waals surface area contributed by atoms with Gasteiger partial charge in [-0.3, -0.25) is 0 Å². The van der Waals surface area contributed by atoms with Gasteiger partial charge in [0.2, 0.25) is 0 Å². The molecular formula is C14H19N3. The molecule has 17 heavy (non-hydrogen) atoms. The van der Waals surface area contributed by atoms with Crippen molar-refractivity contribution in [2.75, 3.05) is 11.4 Å². The van der Waals surface area contributed by atoms with E-state index in [0.29, 0.717) is 18.5 Å². The Kier molecular flexibility index (Phi) is 4.00. The van der Waals surface area contributed by atoms with Crippen molar-refractivity contribution in [2.45, 2.75) is 37.8 Å². The summed E-state index contributed by atoms with van der Waals surface area (Å²) in [5.74, 6) is 0. The molecule has 1 fully saturated rings. The standard InChI is InChI=1S/C14H19N3/c15-9-4-10-17(13-5-2-1-3-6-13)14-8-7-12(16)11-14/h1-3,5-6,12,14H,4,7-8,10-11,16H2. The monoisotopic (exact) mass is 229 g/mol. The zero-order chi connectivity index (χ0) is 12.1. The fourth-order valence-corrected chi connectivity index (χ4v) is 2.59. The highest BCUT2D eigenvalue weighted by atomic mass is 15.2. The molecule has 2 unspecified atom stereocenters. The van der Waals surface area contributed by atoms with E-state index in [0.717, 1.165) is 25.8 Å². The molecule has 1 aromatic rings. The lowest BCUT2D eigenvalue weighted by molar-refractivity contribution is 0.596. The molecule has 3 nitrogen and oxygen atoms in total. The molecule has 0 bridgehead atoms. The highest BCUT2D eigenvalue weighted by Crippen LogP contribution is 2.27. The Morgan fingerprint density at radius 2 is 2.06 bits per heavy atom. The zero-order valence-electron chi connectivity index (χ0n) is 10.0. The van der Waals surface area contributed by atoms with E-state index in [1.54, 1.807) is 0 Å². The van der Waals surface area contributed by atoms with Gasteiger partial charge in [0.05, 0.1) is 12.5 Å². The van der Waals surface area contributed by atoms with Crippen LogP contribution in [0.5, 0.6) is 0 Å². The average molecular weight is 229 g/mol. The summed E-state index contributed by atoms with van der Waals surface area (Å²) in [4.78, 5) is 2.34. The summed E-state index contributed by atoms with van der Waals surface area (Å²) in [5.41, 5.74) is 7.19. The highest BCUT2D eigenvalue weighted by molar-refractivity contribution is 5.47. The molecule has 0 spiro atoms. The fourth-order valence-electron chi connectivity index (χ4n) is 2.59. The van der Waals surface area contributed by atoms with E-state index in [9.17, 15) is 0 Å². The molecule has 0 heterocycles. The van der Waals surface area contributed by atoms with Crippen molar-refractivity contribution in [1.82, 2.24) is 0 Å². The lowest BCUT2D eigenvalue weighted by Gasteiger charge is -2.30. The maximum atomic E-state index is 8.76. The number of rotatable bonds is 4. The lowest BCUT2D eigenvalue weighted by atomic mass is 10.1. The zero-order valence-corrected chi connectivity index (χ0v) is 10.0. The van der Waals surface area contributed by atoms with Crippen LogP contribution in [0.25, 0.3) is 0 Å². The van der Waals surface area contributed by atoms with Crippen molar-refractivity contribution >= 4 is 5.69 Å².